The molecule has 0 aliphatic carbocycles. The molecule has 0 bridgehead atoms. The second kappa shape index (κ2) is 8.76. The summed E-state index contributed by atoms with van der Waals surface area (Å²) in [6.45, 7) is 2.82. The number of nitrogens with one attached hydrogen (secondary N) is 1. The van der Waals surface area contributed by atoms with Crippen LogP contribution >= 0.6 is 0 Å². The lowest BCUT2D eigenvalue weighted by Crippen LogP contribution is -2.01. The molecule has 0 saturated carbocycles. The van der Waals surface area contributed by atoms with E-state index in [4.69, 9.17) is 10.5 Å². The Morgan fingerprint density at radius 1 is 1.08 bits per heavy atom. The summed E-state index contributed by atoms with van der Waals surface area (Å²) < 4.78 is 5.76. The van der Waals surface area contributed by atoms with Crippen molar-refractivity contribution in [3.63, 3.8) is 0 Å². The predicted molar refractivity (Wildman–Crippen MR) is 96.9 cm³/mol. The number of unbranched alkanes of at least 4 members (excludes halogenated alkanes) is 3. The van der Waals surface area contributed by atoms with Crippen LogP contribution in [0.2, 0.25) is 0 Å². The smallest absolute Gasteiger partial charge is 0.269 e. The second-order valence-electron chi connectivity index (χ2n) is 5.59. The molecule has 0 amide bonds. The van der Waals surface area contributed by atoms with E-state index >= 15 is 0 Å². The van der Waals surface area contributed by atoms with Crippen molar-refractivity contribution in [1.29, 1.82) is 0 Å². The van der Waals surface area contributed by atoms with E-state index < -0.39 is 4.92 Å². The average molecular weight is 329 g/mol. The van der Waals surface area contributed by atoms with Gasteiger partial charge in [0.25, 0.3) is 5.69 Å². The van der Waals surface area contributed by atoms with E-state index in [-0.39, 0.29) is 5.69 Å². The van der Waals surface area contributed by atoms with Gasteiger partial charge in [0, 0.05) is 29.6 Å². The zero-order valence-electron chi connectivity index (χ0n) is 13.8. The topological polar surface area (TPSA) is 90.4 Å². The van der Waals surface area contributed by atoms with Crippen molar-refractivity contribution in [2.24, 2.45) is 0 Å². The molecular formula is C18H23N3O3. The Hall–Kier alpha value is -2.76. The number of nitro groups is 1. The summed E-state index contributed by atoms with van der Waals surface area (Å²) in [7, 11) is 0. The Balaban J connectivity index is 1.98. The van der Waals surface area contributed by atoms with Gasteiger partial charge in [0.05, 0.1) is 17.2 Å². The van der Waals surface area contributed by atoms with E-state index in [1.807, 2.05) is 12.1 Å². The lowest BCUT2D eigenvalue weighted by Gasteiger charge is -2.12. The van der Waals surface area contributed by atoms with Crippen LogP contribution in [0.3, 0.4) is 0 Å². The van der Waals surface area contributed by atoms with E-state index in [1.54, 1.807) is 18.2 Å². The molecule has 24 heavy (non-hydrogen) atoms. The van der Waals surface area contributed by atoms with Crippen molar-refractivity contribution in [2.75, 3.05) is 17.7 Å². The Kier molecular flexibility index (Phi) is 6.42. The van der Waals surface area contributed by atoms with Crippen molar-refractivity contribution in [2.45, 2.75) is 32.6 Å². The van der Waals surface area contributed by atoms with Gasteiger partial charge in [-0.25, -0.2) is 0 Å². The van der Waals surface area contributed by atoms with Crippen molar-refractivity contribution in [3.8, 4) is 5.75 Å². The molecule has 0 unspecified atom stereocenters. The minimum absolute atomic E-state index is 0.0638. The quantitative estimate of drug-likeness (QED) is 0.296. The summed E-state index contributed by atoms with van der Waals surface area (Å²) in [5, 5.41) is 13.9. The summed E-state index contributed by atoms with van der Waals surface area (Å²) in [6.07, 6.45) is 4.56. The number of nitrogen functional groups attached to an aromatic ring is 1. The normalized spacial score (nSPS) is 10.4. The molecule has 128 valence electrons. The molecule has 6 heteroatoms. The summed E-state index contributed by atoms with van der Waals surface area (Å²) in [5.41, 5.74) is 8.19. The van der Waals surface area contributed by atoms with Crippen LogP contribution in [0, 0.1) is 10.1 Å². The fourth-order valence-corrected chi connectivity index (χ4v) is 2.28. The molecule has 3 N–H and O–H groups in total. The molecule has 2 aromatic rings. The minimum Gasteiger partial charge on any atom is -0.491 e. The number of rotatable bonds is 9. The Bertz CT molecular complexity index is 672. The first kappa shape index (κ1) is 17.6. The van der Waals surface area contributed by atoms with Crippen LogP contribution in [0.15, 0.2) is 42.5 Å². The lowest BCUT2D eigenvalue weighted by molar-refractivity contribution is -0.384. The van der Waals surface area contributed by atoms with E-state index in [0.29, 0.717) is 18.0 Å². The van der Waals surface area contributed by atoms with Gasteiger partial charge in [-0.05, 0) is 30.7 Å². The molecular weight excluding hydrogens is 306 g/mol. The van der Waals surface area contributed by atoms with Gasteiger partial charge in [-0.2, -0.15) is 0 Å². The van der Waals surface area contributed by atoms with Crippen LogP contribution in [0.1, 0.15) is 32.6 Å². The van der Waals surface area contributed by atoms with E-state index in [2.05, 4.69) is 12.2 Å². The minimum atomic E-state index is -0.419. The monoisotopic (exact) mass is 329 g/mol. The fraction of sp³-hybridized carbons (Fsp3) is 0.333. The predicted octanol–water partition coefficient (Wildman–Crippen LogP) is 4.88. The number of hydrogen-bond donors (Lipinski definition) is 2. The number of nitrogens with two attached hydrogens (primary N) is 1. The summed E-state index contributed by atoms with van der Waals surface area (Å²) >= 11 is 0. The number of hydrogen-bond acceptors (Lipinski definition) is 5. The van der Waals surface area contributed by atoms with Crippen LogP contribution < -0.4 is 15.8 Å². The number of non-ortho nitro benzene ring substituents is 1. The van der Waals surface area contributed by atoms with Gasteiger partial charge in [-0.15, -0.1) is 0 Å². The highest BCUT2D eigenvalue weighted by Crippen LogP contribution is 2.28. The summed E-state index contributed by atoms with van der Waals surface area (Å²) in [5.74, 6) is 0.651. The van der Waals surface area contributed by atoms with Gasteiger partial charge in [-0.3, -0.25) is 10.1 Å². The van der Waals surface area contributed by atoms with Crippen LogP contribution in [0.5, 0.6) is 5.75 Å². The second-order valence-corrected chi connectivity index (χ2v) is 5.59. The molecule has 0 spiro atoms. The first-order chi connectivity index (χ1) is 11.6. The average Bonchev–Trinajstić information content (AvgIpc) is 2.58. The zero-order valence-corrected chi connectivity index (χ0v) is 13.8. The van der Waals surface area contributed by atoms with Crippen molar-refractivity contribution in [1.82, 2.24) is 0 Å². The van der Waals surface area contributed by atoms with Crippen LogP contribution in [-0.2, 0) is 0 Å². The van der Waals surface area contributed by atoms with Gasteiger partial charge < -0.3 is 15.8 Å². The number of nitro benzene ring substituents is 1. The zero-order chi connectivity index (χ0) is 17.4. The Labute approximate surface area is 141 Å². The molecule has 0 atom stereocenters. The molecule has 0 aromatic heterocycles. The first-order valence-corrected chi connectivity index (χ1v) is 8.14. The molecule has 2 rings (SSSR count). The molecule has 0 aliphatic rings. The van der Waals surface area contributed by atoms with Crippen LogP contribution in [0.4, 0.5) is 22.7 Å². The highest BCUT2D eigenvalue weighted by atomic mass is 16.6. The number of anilines is 3. The first-order valence-electron chi connectivity index (χ1n) is 8.14. The van der Waals surface area contributed by atoms with Gasteiger partial charge >= 0.3 is 0 Å². The van der Waals surface area contributed by atoms with E-state index in [9.17, 15) is 10.1 Å². The molecule has 0 radical (unpaired) electrons. The van der Waals surface area contributed by atoms with Crippen LogP contribution in [0.25, 0.3) is 0 Å². The third-order valence-electron chi connectivity index (χ3n) is 3.64. The third-order valence-corrected chi connectivity index (χ3v) is 3.64. The van der Waals surface area contributed by atoms with Gasteiger partial charge in [0.1, 0.15) is 5.75 Å². The summed E-state index contributed by atoms with van der Waals surface area (Å²) in [4.78, 5) is 10.3. The van der Waals surface area contributed by atoms with E-state index in [0.717, 1.165) is 24.2 Å². The Morgan fingerprint density at radius 2 is 1.79 bits per heavy atom. The summed E-state index contributed by atoms with van der Waals surface area (Å²) in [6, 6.07) is 11.7. The van der Waals surface area contributed by atoms with Gasteiger partial charge in [-0.1, -0.05) is 26.2 Å². The Morgan fingerprint density at radius 3 is 2.46 bits per heavy atom. The fourth-order valence-electron chi connectivity index (χ4n) is 2.28. The number of ether oxygens (including phenoxy) is 1. The van der Waals surface area contributed by atoms with Crippen molar-refractivity contribution < 1.29 is 9.66 Å². The van der Waals surface area contributed by atoms with Crippen molar-refractivity contribution >= 4 is 22.7 Å². The third kappa shape index (κ3) is 5.15. The standard InChI is InChI=1S/C18H23N3O3/c1-2-3-4-5-12-24-18-13-15(8-11-17(18)19)20-14-6-9-16(10-7-14)21(22)23/h6-11,13,20H,2-5,12,19H2,1H3. The van der Waals surface area contributed by atoms with Gasteiger partial charge in [0.2, 0.25) is 0 Å². The molecule has 0 fully saturated rings. The number of nitrogens with zero attached hydrogens (tertiary/aromatic N) is 1. The molecule has 0 heterocycles. The SMILES string of the molecule is CCCCCCOc1cc(Nc2ccc([N+](=O)[O-])cc2)ccc1N. The molecule has 0 aliphatic heterocycles. The molecule has 0 saturated heterocycles. The molecule has 2 aromatic carbocycles. The maximum Gasteiger partial charge on any atom is 0.269 e. The van der Waals surface area contributed by atoms with Crippen LogP contribution in [-0.4, -0.2) is 11.5 Å². The maximum atomic E-state index is 10.7. The van der Waals surface area contributed by atoms with E-state index in [1.165, 1.54) is 25.0 Å². The van der Waals surface area contributed by atoms with Crippen molar-refractivity contribution in [3.05, 3.63) is 52.6 Å². The largest absolute Gasteiger partial charge is 0.491 e. The highest BCUT2D eigenvalue weighted by Gasteiger charge is 2.06. The maximum absolute atomic E-state index is 10.7. The molecule has 6 nitrogen and oxygen atoms in total. The highest BCUT2D eigenvalue weighted by molar-refractivity contribution is 5.67. The number of benzene rings is 2. The lowest BCUT2D eigenvalue weighted by atomic mass is 10.2. The van der Waals surface area contributed by atoms with Gasteiger partial charge in [0.15, 0.2) is 0 Å².